The molecule has 2 aliphatic heterocycles. The number of aromatic nitrogens is 2. The van der Waals surface area contributed by atoms with E-state index in [9.17, 15) is 9.90 Å². The van der Waals surface area contributed by atoms with Gasteiger partial charge in [-0.25, -0.2) is 0 Å². The lowest BCUT2D eigenvalue weighted by Gasteiger charge is -2.48. The van der Waals surface area contributed by atoms with Crippen LogP contribution in [0.4, 0.5) is 0 Å². The number of amides is 1. The number of aromatic hydroxyl groups is 1. The molecule has 2 aromatic rings. The van der Waals surface area contributed by atoms with E-state index >= 15 is 0 Å². The topological polar surface area (TPSA) is 79.6 Å². The first-order chi connectivity index (χ1) is 14.5. The van der Waals surface area contributed by atoms with E-state index in [4.69, 9.17) is 4.74 Å². The molecule has 2 bridgehead atoms. The second kappa shape index (κ2) is 8.94. The quantitative estimate of drug-likeness (QED) is 0.725. The molecular weight excluding hydrogens is 380 g/mol. The van der Waals surface area contributed by atoms with Gasteiger partial charge < -0.3 is 15.2 Å². The van der Waals surface area contributed by atoms with E-state index in [0.717, 1.165) is 44.5 Å². The van der Waals surface area contributed by atoms with Crippen molar-refractivity contribution in [2.75, 3.05) is 19.8 Å². The number of carbonyl (C=O) groups is 1. The molecule has 1 amide bonds. The summed E-state index contributed by atoms with van der Waals surface area (Å²) in [7, 11) is 0. The first-order valence-corrected chi connectivity index (χ1v) is 11.4. The zero-order chi connectivity index (χ0) is 21.3. The first-order valence-electron chi connectivity index (χ1n) is 11.4. The minimum Gasteiger partial charge on any atom is -0.507 e. The van der Waals surface area contributed by atoms with Gasteiger partial charge in [-0.05, 0) is 51.3 Å². The Hall–Kier alpha value is -2.12. The van der Waals surface area contributed by atoms with E-state index in [1.165, 1.54) is 12.8 Å². The van der Waals surface area contributed by atoms with Crippen molar-refractivity contribution in [3.63, 3.8) is 0 Å². The number of hydrogen-bond donors (Lipinski definition) is 2. The van der Waals surface area contributed by atoms with Crippen molar-refractivity contribution >= 4 is 16.8 Å². The van der Waals surface area contributed by atoms with E-state index in [-0.39, 0.29) is 23.7 Å². The molecule has 3 heterocycles. The van der Waals surface area contributed by atoms with Crippen LogP contribution in [0.5, 0.6) is 5.75 Å². The summed E-state index contributed by atoms with van der Waals surface area (Å²) in [6.45, 7) is 8.96. The smallest absolute Gasteiger partial charge is 0.272 e. The van der Waals surface area contributed by atoms with Gasteiger partial charge in [0, 0.05) is 24.2 Å². The van der Waals surface area contributed by atoms with Gasteiger partial charge in [-0.2, -0.15) is 5.10 Å². The zero-order valence-electron chi connectivity index (χ0n) is 18.3. The van der Waals surface area contributed by atoms with Crippen LogP contribution in [0.15, 0.2) is 18.2 Å². The monoisotopic (exact) mass is 414 g/mol. The van der Waals surface area contributed by atoms with Gasteiger partial charge in [0.2, 0.25) is 0 Å². The summed E-state index contributed by atoms with van der Waals surface area (Å²) in [4.78, 5) is 15.8. The molecular formula is C23H34N4O3. The van der Waals surface area contributed by atoms with Crippen molar-refractivity contribution in [2.24, 2.45) is 0 Å². The van der Waals surface area contributed by atoms with Crippen molar-refractivity contribution in [2.45, 2.75) is 77.0 Å². The van der Waals surface area contributed by atoms with Crippen LogP contribution in [0.2, 0.25) is 0 Å². The molecule has 7 heteroatoms. The molecule has 7 nitrogen and oxygen atoms in total. The molecule has 0 spiro atoms. The van der Waals surface area contributed by atoms with Crippen molar-refractivity contribution in [1.29, 1.82) is 0 Å². The lowest BCUT2D eigenvalue weighted by Crippen LogP contribution is -2.60. The third kappa shape index (κ3) is 3.93. The SMILES string of the molecule is CCCCN1[C@@H]2COC[C@H]1C[C@@H](NC(=O)c1nn(C(C)CC)c3cccc(O)c13)C2. The maximum absolute atomic E-state index is 13.2. The number of nitrogens with one attached hydrogen (secondary N) is 1. The fraction of sp³-hybridized carbons (Fsp3) is 0.652. The summed E-state index contributed by atoms with van der Waals surface area (Å²) in [6, 6.07) is 6.30. The summed E-state index contributed by atoms with van der Waals surface area (Å²) in [6.07, 6.45) is 5.06. The Morgan fingerprint density at radius 2 is 2.03 bits per heavy atom. The van der Waals surface area contributed by atoms with Crippen molar-refractivity contribution in [3.8, 4) is 5.75 Å². The number of unbranched alkanes of at least 4 members (excludes halogenated alkanes) is 1. The molecule has 2 fully saturated rings. The molecule has 4 rings (SSSR count). The largest absolute Gasteiger partial charge is 0.507 e. The van der Waals surface area contributed by atoms with Crippen LogP contribution >= 0.6 is 0 Å². The van der Waals surface area contributed by atoms with Crippen LogP contribution in [0.3, 0.4) is 0 Å². The molecule has 0 saturated carbocycles. The normalized spacial score (nSPS) is 25.4. The van der Waals surface area contributed by atoms with E-state index in [1.54, 1.807) is 12.1 Å². The van der Waals surface area contributed by atoms with E-state index in [0.29, 0.717) is 23.2 Å². The maximum Gasteiger partial charge on any atom is 0.272 e. The zero-order valence-corrected chi connectivity index (χ0v) is 18.3. The van der Waals surface area contributed by atoms with Gasteiger partial charge in [0.05, 0.1) is 24.1 Å². The molecule has 0 aliphatic carbocycles. The number of hydrogen-bond acceptors (Lipinski definition) is 5. The molecule has 0 radical (unpaired) electrons. The lowest BCUT2D eigenvalue weighted by molar-refractivity contribution is -0.0802. The molecule has 30 heavy (non-hydrogen) atoms. The third-order valence-corrected chi connectivity index (χ3v) is 6.71. The Bertz CT molecular complexity index is 882. The fourth-order valence-corrected chi connectivity index (χ4v) is 4.91. The van der Waals surface area contributed by atoms with Gasteiger partial charge in [-0.15, -0.1) is 0 Å². The lowest BCUT2D eigenvalue weighted by atomic mass is 9.89. The van der Waals surface area contributed by atoms with Crippen LogP contribution in [0.25, 0.3) is 10.9 Å². The molecule has 4 atom stereocenters. The number of carbonyl (C=O) groups excluding carboxylic acids is 1. The standard InChI is InChI=1S/C23H34N4O3/c1-4-6-10-26-17-11-16(12-18(26)14-30-13-17)24-23(29)22-21-19(8-7-9-20(21)28)27(25-22)15(3)5-2/h7-9,15-18,28H,4-6,10-14H2,1-3H3,(H,24,29)/t15?,16-,17-,18+. The van der Waals surface area contributed by atoms with E-state index in [2.05, 4.69) is 36.1 Å². The Labute approximate surface area is 178 Å². The van der Waals surface area contributed by atoms with Crippen LogP contribution in [0.1, 0.15) is 69.4 Å². The highest BCUT2D eigenvalue weighted by Crippen LogP contribution is 2.32. The number of phenolic OH excluding ortho intramolecular Hbond substituents is 1. The van der Waals surface area contributed by atoms with E-state index < -0.39 is 0 Å². The minimum absolute atomic E-state index is 0.101. The number of nitrogens with zero attached hydrogens (tertiary/aromatic N) is 3. The van der Waals surface area contributed by atoms with Crippen molar-refractivity contribution in [1.82, 2.24) is 20.0 Å². The Kier molecular flexibility index (Phi) is 6.29. The second-order valence-electron chi connectivity index (χ2n) is 8.80. The van der Waals surface area contributed by atoms with E-state index in [1.807, 2.05) is 10.7 Å². The highest BCUT2D eigenvalue weighted by Gasteiger charge is 2.39. The number of phenols is 1. The Morgan fingerprint density at radius 3 is 2.70 bits per heavy atom. The number of rotatable bonds is 7. The summed E-state index contributed by atoms with van der Waals surface area (Å²) < 4.78 is 7.66. The number of morpholine rings is 1. The minimum atomic E-state index is -0.199. The van der Waals surface area contributed by atoms with Gasteiger partial charge in [-0.3, -0.25) is 14.4 Å². The number of piperidine rings is 1. The summed E-state index contributed by atoms with van der Waals surface area (Å²) in [5.41, 5.74) is 1.12. The van der Waals surface area contributed by atoms with Gasteiger partial charge in [-0.1, -0.05) is 26.3 Å². The third-order valence-electron chi connectivity index (χ3n) is 6.71. The van der Waals surface area contributed by atoms with Gasteiger partial charge >= 0.3 is 0 Å². The van der Waals surface area contributed by atoms with Gasteiger partial charge in [0.25, 0.3) is 5.91 Å². The molecule has 1 unspecified atom stereocenters. The molecule has 2 aliphatic rings. The van der Waals surface area contributed by atoms with Gasteiger partial charge in [0.1, 0.15) is 5.75 Å². The maximum atomic E-state index is 13.2. The number of fused-ring (bicyclic) bond motifs is 3. The summed E-state index contributed by atoms with van der Waals surface area (Å²) >= 11 is 0. The molecule has 1 aromatic carbocycles. The molecule has 2 N–H and O–H groups in total. The molecule has 2 saturated heterocycles. The van der Waals surface area contributed by atoms with Gasteiger partial charge in [0.15, 0.2) is 5.69 Å². The highest BCUT2D eigenvalue weighted by atomic mass is 16.5. The predicted molar refractivity (Wildman–Crippen MR) is 117 cm³/mol. The highest BCUT2D eigenvalue weighted by molar-refractivity contribution is 6.07. The average Bonchev–Trinajstić information content (AvgIpc) is 3.13. The Balaban J connectivity index is 1.54. The van der Waals surface area contributed by atoms with Crippen LogP contribution in [-0.4, -0.2) is 63.6 Å². The number of ether oxygens (including phenoxy) is 1. The van der Waals surface area contributed by atoms with Crippen molar-refractivity contribution in [3.05, 3.63) is 23.9 Å². The second-order valence-corrected chi connectivity index (χ2v) is 8.80. The first kappa shape index (κ1) is 21.1. The van der Waals surface area contributed by atoms with Crippen LogP contribution < -0.4 is 5.32 Å². The predicted octanol–water partition coefficient (Wildman–Crippen LogP) is 3.47. The molecule has 1 aromatic heterocycles. The number of benzene rings is 1. The molecule has 164 valence electrons. The summed E-state index contributed by atoms with van der Waals surface area (Å²) in [5, 5.41) is 18.9. The Morgan fingerprint density at radius 1 is 1.30 bits per heavy atom. The van der Waals surface area contributed by atoms with Crippen LogP contribution in [0, 0.1) is 0 Å². The fourth-order valence-electron chi connectivity index (χ4n) is 4.91. The average molecular weight is 415 g/mol. The van der Waals surface area contributed by atoms with Crippen molar-refractivity contribution < 1.29 is 14.6 Å². The summed E-state index contributed by atoms with van der Waals surface area (Å²) in [5.74, 6) is -0.0959. The van der Waals surface area contributed by atoms with Crippen LogP contribution in [-0.2, 0) is 4.74 Å².